The third kappa shape index (κ3) is 4.05. The van der Waals surface area contributed by atoms with Crippen molar-refractivity contribution < 1.29 is 17.9 Å². The van der Waals surface area contributed by atoms with Gasteiger partial charge in [0.2, 0.25) is 9.84 Å². The molecule has 0 aromatic heterocycles. The molecule has 0 N–H and O–H groups in total. The minimum absolute atomic E-state index is 0.116. The van der Waals surface area contributed by atoms with Crippen molar-refractivity contribution in [2.45, 2.75) is 49.0 Å². The number of hydrogen-bond acceptors (Lipinski definition) is 4. The summed E-state index contributed by atoms with van der Waals surface area (Å²) in [5.41, 5.74) is 1.75. The molecule has 2 aromatic rings. The van der Waals surface area contributed by atoms with E-state index in [0.29, 0.717) is 23.9 Å². The molecule has 0 aliphatic carbocycles. The Hall–Kier alpha value is -1.85. The Labute approximate surface area is 149 Å². The minimum atomic E-state index is -3.58. The predicted octanol–water partition coefficient (Wildman–Crippen LogP) is 3.90. The molecule has 134 valence electrons. The fourth-order valence-corrected chi connectivity index (χ4v) is 4.05. The highest BCUT2D eigenvalue weighted by Crippen LogP contribution is 2.35. The largest absolute Gasteiger partial charge is 0.490 e. The molecule has 0 radical (unpaired) electrons. The van der Waals surface area contributed by atoms with E-state index >= 15 is 0 Å². The molecule has 1 unspecified atom stereocenters. The average molecular weight is 360 g/mol. The summed E-state index contributed by atoms with van der Waals surface area (Å²) in [4.78, 5) is 0.547. The fourth-order valence-electron chi connectivity index (χ4n) is 2.67. The second-order valence-corrected chi connectivity index (χ2v) is 9.44. The van der Waals surface area contributed by atoms with Crippen LogP contribution in [0.15, 0.2) is 52.3 Å². The van der Waals surface area contributed by atoms with Gasteiger partial charge in [0.05, 0.1) is 16.4 Å². The lowest BCUT2D eigenvalue weighted by atomic mass is 9.86. The first kappa shape index (κ1) is 18.0. The topological polar surface area (TPSA) is 55.9 Å². The zero-order valence-electron chi connectivity index (χ0n) is 15.1. The van der Waals surface area contributed by atoms with Crippen LogP contribution in [0.5, 0.6) is 5.75 Å². The van der Waals surface area contributed by atoms with Gasteiger partial charge in [-0.3, -0.25) is 0 Å². The second kappa shape index (κ2) is 6.46. The maximum absolute atomic E-state index is 13.0. The Morgan fingerprint density at radius 2 is 1.80 bits per heavy atom. The maximum Gasteiger partial charge on any atom is 0.206 e. The molecular weight excluding hydrogens is 336 g/mol. The van der Waals surface area contributed by atoms with E-state index in [0.717, 1.165) is 11.1 Å². The molecule has 0 saturated carbocycles. The molecule has 1 saturated heterocycles. The van der Waals surface area contributed by atoms with Gasteiger partial charge in [-0.2, -0.15) is 0 Å². The Morgan fingerprint density at radius 3 is 2.40 bits per heavy atom. The smallest absolute Gasteiger partial charge is 0.206 e. The quantitative estimate of drug-likeness (QED) is 0.759. The first-order valence-corrected chi connectivity index (χ1v) is 9.87. The average Bonchev–Trinajstić information content (AvgIpc) is 3.36. The lowest BCUT2D eigenvalue weighted by Crippen LogP contribution is -2.16. The Balaban J connectivity index is 2.02. The molecule has 1 atom stereocenters. The van der Waals surface area contributed by atoms with Crippen molar-refractivity contribution in [1.29, 1.82) is 0 Å². The zero-order chi connectivity index (χ0) is 18.2. The summed E-state index contributed by atoms with van der Waals surface area (Å²) in [6.45, 7) is 9.27. The fraction of sp³-hybridized carbons (Fsp3) is 0.400. The minimum Gasteiger partial charge on any atom is -0.490 e. The maximum atomic E-state index is 13.0. The summed E-state index contributed by atoms with van der Waals surface area (Å²) in [5.74, 6) is 0.608. The van der Waals surface area contributed by atoms with Crippen LogP contribution in [0, 0.1) is 6.92 Å². The van der Waals surface area contributed by atoms with Crippen LogP contribution in [-0.4, -0.2) is 27.7 Å². The summed E-state index contributed by atoms with van der Waals surface area (Å²) in [6, 6.07) is 12.1. The van der Waals surface area contributed by atoms with Crippen molar-refractivity contribution in [3.05, 3.63) is 53.6 Å². The number of hydrogen-bond donors (Lipinski definition) is 0. The van der Waals surface area contributed by atoms with Crippen molar-refractivity contribution >= 4 is 9.84 Å². The van der Waals surface area contributed by atoms with Crippen molar-refractivity contribution in [3.63, 3.8) is 0 Å². The van der Waals surface area contributed by atoms with Crippen LogP contribution >= 0.6 is 0 Å². The van der Waals surface area contributed by atoms with E-state index in [1.807, 2.05) is 19.1 Å². The lowest BCUT2D eigenvalue weighted by Gasteiger charge is -2.23. The molecule has 0 spiro atoms. The molecular formula is C20H24O4S. The number of rotatable bonds is 5. The van der Waals surface area contributed by atoms with Crippen LogP contribution in [0.4, 0.5) is 0 Å². The van der Waals surface area contributed by atoms with E-state index in [4.69, 9.17) is 9.47 Å². The summed E-state index contributed by atoms with van der Waals surface area (Å²) in [7, 11) is -3.58. The van der Waals surface area contributed by atoms with Crippen molar-refractivity contribution in [2.24, 2.45) is 0 Å². The van der Waals surface area contributed by atoms with E-state index in [2.05, 4.69) is 20.8 Å². The van der Waals surface area contributed by atoms with Crippen LogP contribution in [-0.2, 0) is 20.0 Å². The van der Waals surface area contributed by atoms with Crippen LogP contribution in [0.25, 0.3) is 0 Å². The highest BCUT2D eigenvalue weighted by molar-refractivity contribution is 7.91. The second-order valence-electron chi connectivity index (χ2n) is 7.49. The zero-order valence-corrected chi connectivity index (χ0v) is 15.9. The first-order chi connectivity index (χ1) is 11.7. The summed E-state index contributed by atoms with van der Waals surface area (Å²) in [6.07, 6.45) is 0.116. The molecule has 1 fully saturated rings. The number of aryl methyl sites for hydroxylation is 1. The van der Waals surface area contributed by atoms with Crippen molar-refractivity contribution in [3.8, 4) is 5.75 Å². The SMILES string of the molecule is Cc1cccc(S(=O)(=O)c2ccc(C(C)(C)C)c(OCC3CO3)c2)c1. The van der Waals surface area contributed by atoms with Crippen LogP contribution in [0.1, 0.15) is 31.9 Å². The summed E-state index contributed by atoms with van der Waals surface area (Å²) < 4.78 is 37.0. The van der Waals surface area contributed by atoms with E-state index in [1.54, 1.807) is 30.3 Å². The molecule has 3 rings (SSSR count). The molecule has 2 aromatic carbocycles. The molecule has 5 heteroatoms. The van der Waals surface area contributed by atoms with Gasteiger partial charge in [-0.05, 0) is 47.7 Å². The Morgan fingerprint density at radius 1 is 1.12 bits per heavy atom. The molecule has 1 aliphatic rings. The van der Waals surface area contributed by atoms with E-state index in [1.165, 1.54) is 0 Å². The van der Waals surface area contributed by atoms with E-state index < -0.39 is 9.84 Å². The van der Waals surface area contributed by atoms with Crippen LogP contribution in [0.2, 0.25) is 0 Å². The normalized spacial score (nSPS) is 17.4. The van der Waals surface area contributed by atoms with Crippen molar-refractivity contribution in [2.75, 3.05) is 13.2 Å². The third-order valence-electron chi connectivity index (χ3n) is 4.20. The van der Waals surface area contributed by atoms with Gasteiger partial charge in [0.1, 0.15) is 18.5 Å². The van der Waals surface area contributed by atoms with Crippen molar-refractivity contribution in [1.82, 2.24) is 0 Å². The van der Waals surface area contributed by atoms with E-state index in [-0.39, 0.29) is 16.4 Å². The standard InChI is InChI=1S/C20H24O4S/c1-14-6-5-7-16(10-14)25(21,22)17-8-9-18(20(2,3)4)19(11-17)24-13-15-12-23-15/h5-11,15H,12-13H2,1-4H3. The summed E-state index contributed by atoms with van der Waals surface area (Å²) >= 11 is 0. The molecule has 0 amide bonds. The molecule has 1 aliphatic heterocycles. The molecule has 0 bridgehead atoms. The molecule has 1 heterocycles. The Kier molecular flexibility index (Phi) is 4.64. The third-order valence-corrected chi connectivity index (χ3v) is 5.95. The van der Waals surface area contributed by atoms with Crippen LogP contribution in [0.3, 0.4) is 0 Å². The molecule has 4 nitrogen and oxygen atoms in total. The molecule has 25 heavy (non-hydrogen) atoms. The van der Waals surface area contributed by atoms with Gasteiger partial charge in [-0.15, -0.1) is 0 Å². The first-order valence-electron chi connectivity index (χ1n) is 8.38. The van der Waals surface area contributed by atoms with Gasteiger partial charge < -0.3 is 9.47 Å². The van der Waals surface area contributed by atoms with Gasteiger partial charge >= 0.3 is 0 Å². The van der Waals surface area contributed by atoms with Gasteiger partial charge in [-0.1, -0.05) is 39.0 Å². The van der Waals surface area contributed by atoms with E-state index in [9.17, 15) is 8.42 Å². The highest BCUT2D eigenvalue weighted by atomic mass is 32.2. The Bertz CT molecular complexity index is 875. The van der Waals surface area contributed by atoms with Gasteiger partial charge in [0, 0.05) is 0 Å². The number of benzene rings is 2. The highest BCUT2D eigenvalue weighted by Gasteiger charge is 2.27. The number of ether oxygens (including phenoxy) is 2. The monoisotopic (exact) mass is 360 g/mol. The lowest BCUT2D eigenvalue weighted by molar-refractivity contribution is 0.257. The number of sulfone groups is 1. The predicted molar refractivity (Wildman–Crippen MR) is 97.0 cm³/mol. The summed E-state index contributed by atoms with van der Waals surface area (Å²) in [5, 5.41) is 0. The van der Waals surface area contributed by atoms with Gasteiger partial charge in [0.15, 0.2) is 0 Å². The van der Waals surface area contributed by atoms with Crippen LogP contribution < -0.4 is 4.74 Å². The number of epoxide rings is 1. The van der Waals surface area contributed by atoms with Gasteiger partial charge in [0.25, 0.3) is 0 Å². The van der Waals surface area contributed by atoms with Gasteiger partial charge in [-0.25, -0.2) is 8.42 Å².